The molecule has 122 valence electrons. The van der Waals surface area contributed by atoms with Gasteiger partial charge in [0.25, 0.3) is 0 Å². The molecule has 0 heterocycles. The van der Waals surface area contributed by atoms with E-state index < -0.39 is 0 Å². The molecule has 2 aromatic rings. The highest BCUT2D eigenvalue weighted by Gasteiger charge is 2.07. The number of amides is 1. The van der Waals surface area contributed by atoms with Gasteiger partial charge in [-0.1, -0.05) is 6.07 Å². The first kappa shape index (κ1) is 16.6. The molecule has 2 aromatic carbocycles. The van der Waals surface area contributed by atoms with Crippen LogP contribution in [0.25, 0.3) is 0 Å². The summed E-state index contributed by atoms with van der Waals surface area (Å²) in [7, 11) is 3.08. The lowest BCUT2D eigenvalue weighted by Gasteiger charge is -2.11. The monoisotopic (exact) mass is 318 g/mol. The van der Waals surface area contributed by atoms with E-state index in [1.54, 1.807) is 37.4 Å². The minimum Gasteiger partial charge on any atom is -0.493 e. The fraction of sp³-hybridized carbons (Fsp3) is 0.235. The third-order valence-corrected chi connectivity index (χ3v) is 3.17. The SMILES string of the molecule is COc1ccc(NC(=O)CCNc2cccc(F)c2)cc1OC. The minimum atomic E-state index is -0.315. The Morgan fingerprint density at radius 1 is 1.04 bits per heavy atom. The van der Waals surface area contributed by atoms with Crippen molar-refractivity contribution in [3.63, 3.8) is 0 Å². The molecule has 23 heavy (non-hydrogen) atoms. The largest absolute Gasteiger partial charge is 0.493 e. The van der Waals surface area contributed by atoms with E-state index in [0.29, 0.717) is 29.4 Å². The van der Waals surface area contributed by atoms with E-state index in [4.69, 9.17) is 9.47 Å². The number of anilines is 2. The second kappa shape index (κ2) is 8.03. The molecule has 1 amide bonds. The van der Waals surface area contributed by atoms with Gasteiger partial charge in [-0.25, -0.2) is 4.39 Å². The molecule has 0 aromatic heterocycles. The standard InChI is InChI=1S/C17H19FN2O3/c1-22-15-7-6-14(11-16(15)23-2)20-17(21)8-9-19-13-5-3-4-12(18)10-13/h3-7,10-11,19H,8-9H2,1-2H3,(H,20,21). The molecule has 6 heteroatoms. The van der Waals surface area contributed by atoms with Crippen LogP contribution in [0.4, 0.5) is 15.8 Å². The first-order valence-corrected chi connectivity index (χ1v) is 7.13. The average Bonchev–Trinajstić information content (AvgIpc) is 2.54. The van der Waals surface area contributed by atoms with Crippen molar-refractivity contribution >= 4 is 17.3 Å². The van der Waals surface area contributed by atoms with Crippen LogP contribution in [0.1, 0.15) is 6.42 Å². The molecule has 0 aliphatic carbocycles. The van der Waals surface area contributed by atoms with Crippen LogP contribution in [0.3, 0.4) is 0 Å². The fourth-order valence-corrected chi connectivity index (χ4v) is 2.06. The second-order valence-electron chi connectivity index (χ2n) is 4.81. The molecule has 2 N–H and O–H groups in total. The van der Waals surface area contributed by atoms with E-state index >= 15 is 0 Å². The van der Waals surface area contributed by atoms with E-state index in [1.165, 1.54) is 19.2 Å². The van der Waals surface area contributed by atoms with Gasteiger partial charge in [-0.3, -0.25) is 4.79 Å². The molecule has 0 unspecified atom stereocenters. The van der Waals surface area contributed by atoms with Gasteiger partial charge in [0.2, 0.25) is 5.91 Å². The summed E-state index contributed by atoms with van der Waals surface area (Å²) in [6.07, 6.45) is 0.255. The quantitative estimate of drug-likeness (QED) is 0.822. The highest BCUT2D eigenvalue weighted by atomic mass is 19.1. The van der Waals surface area contributed by atoms with Gasteiger partial charge in [0.1, 0.15) is 5.82 Å². The summed E-state index contributed by atoms with van der Waals surface area (Å²) in [6, 6.07) is 11.3. The highest BCUT2D eigenvalue weighted by Crippen LogP contribution is 2.29. The van der Waals surface area contributed by atoms with Crippen LogP contribution in [0.5, 0.6) is 11.5 Å². The first-order valence-electron chi connectivity index (χ1n) is 7.13. The van der Waals surface area contributed by atoms with Crippen LogP contribution < -0.4 is 20.1 Å². The van der Waals surface area contributed by atoms with Gasteiger partial charge in [-0.15, -0.1) is 0 Å². The number of benzene rings is 2. The zero-order chi connectivity index (χ0) is 16.7. The van der Waals surface area contributed by atoms with Gasteiger partial charge in [0.15, 0.2) is 11.5 Å². The lowest BCUT2D eigenvalue weighted by Crippen LogP contribution is -2.16. The zero-order valence-electron chi connectivity index (χ0n) is 13.1. The van der Waals surface area contributed by atoms with Gasteiger partial charge < -0.3 is 20.1 Å². The number of halogens is 1. The van der Waals surface area contributed by atoms with E-state index in [1.807, 2.05) is 0 Å². The normalized spacial score (nSPS) is 10.0. The van der Waals surface area contributed by atoms with Crippen molar-refractivity contribution in [3.05, 3.63) is 48.3 Å². The fourth-order valence-electron chi connectivity index (χ4n) is 2.06. The van der Waals surface area contributed by atoms with Crippen molar-refractivity contribution in [3.8, 4) is 11.5 Å². The van der Waals surface area contributed by atoms with Crippen molar-refractivity contribution < 1.29 is 18.7 Å². The lowest BCUT2D eigenvalue weighted by atomic mass is 10.2. The summed E-state index contributed by atoms with van der Waals surface area (Å²) in [5, 5.41) is 5.77. The Morgan fingerprint density at radius 3 is 2.52 bits per heavy atom. The smallest absolute Gasteiger partial charge is 0.226 e. The molecule has 2 rings (SSSR count). The van der Waals surface area contributed by atoms with Gasteiger partial charge >= 0.3 is 0 Å². The second-order valence-corrected chi connectivity index (χ2v) is 4.81. The number of ether oxygens (including phenoxy) is 2. The van der Waals surface area contributed by atoms with Gasteiger partial charge in [0.05, 0.1) is 14.2 Å². The topological polar surface area (TPSA) is 59.6 Å². The molecule has 0 aliphatic rings. The summed E-state index contributed by atoms with van der Waals surface area (Å²) in [6.45, 7) is 0.405. The molecule has 0 spiro atoms. The number of rotatable bonds is 7. The Balaban J connectivity index is 1.85. The molecule has 0 bridgehead atoms. The minimum absolute atomic E-state index is 0.152. The number of hydrogen-bond donors (Lipinski definition) is 2. The Kier molecular flexibility index (Phi) is 5.80. The predicted octanol–water partition coefficient (Wildman–Crippen LogP) is 3.28. The number of carbonyl (C=O) groups is 1. The highest BCUT2D eigenvalue weighted by molar-refractivity contribution is 5.91. The number of methoxy groups -OCH3 is 2. The number of hydrogen-bond acceptors (Lipinski definition) is 4. The van der Waals surface area contributed by atoms with Crippen molar-refractivity contribution in [1.82, 2.24) is 0 Å². The summed E-state index contributed by atoms with van der Waals surface area (Å²) >= 11 is 0. The molecule has 0 aliphatic heterocycles. The van der Waals surface area contributed by atoms with E-state index in [2.05, 4.69) is 10.6 Å². The molecule has 0 fully saturated rings. The molecule has 0 atom stereocenters. The summed E-state index contributed by atoms with van der Waals surface area (Å²) in [5.41, 5.74) is 1.27. The Labute approximate surface area is 134 Å². The van der Waals surface area contributed by atoms with Crippen molar-refractivity contribution in [2.45, 2.75) is 6.42 Å². The van der Waals surface area contributed by atoms with Crippen LogP contribution in [0, 0.1) is 5.82 Å². The average molecular weight is 318 g/mol. The van der Waals surface area contributed by atoms with Crippen LogP contribution in [0.15, 0.2) is 42.5 Å². The third-order valence-electron chi connectivity index (χ3n) is 3.17. The van der Waals surface area contributed by atoms with Gasteiger partial charge in [-0.05, 0) is 30.3 Å². The Hall–Kier alpha value is -2.76. The molecule has 0 saturated heterocycles. The molecule has 5 nitrogen and oxygen atoms in total. The van der Waals surface area contributed by atoms with Crippen molar-refractivity contribution in [2.24, 2.45) is 0 Å². The summed E-state index contributed by atoms with van der Waals surface area (Å²) in [4.78, 5) is 11.9. The first-order chi connectivity index (χ1) is 11.1. The Bertz CT molecular complexity index is 677. The Morgan fingerprint density at radius 2 is 1.83 bits per heavy atom. The number of nitrogens with one attached hydrogen (secondary N) is 2. The molecular formula is C17H19FN2O3. The van der Waals surface area contributed by atoms with Crippen LogP contribution >= 0.6 is 0 Å². The third kappa shape index (κ3) is 4.88. The van der Waals surface area contributed by atoms with Gasteiger partial charge in [0, 0.05) is 30.4 Å². The molecule has 0 saturated carbocycles. The number of carbonyl (C=O) groups excluding carboxylic acids is 1. The van der Waals surface area contributed by atoms with E-state index in [0.717, 1.165) is 0 Å². The van der Waals surface area contributed by atoms with E-state index in [-0.39, 0.29) is 18.1 Å². The predicted molar refractivity (Wildman–Crippen MR) is 87.7 cm³/mol. The summed E-state index contributed by atoms with van der Waals surface area (Å²) < 4.78 is 23.4. The van der Waals surface area contributed by atoms with Crippen LogP contribution in [-0.2, 0) is 4.79 Å². The maximum atomic E-state index is 13.0. The maximum Gasteiger partial charge on any atom is 0.226 e. The summed E-state index contributed by atoms with van der Waals surface area (Å²) in [5.74, 6) is 0.673. The van der Waals surface area contributed by atoms with Crippen molar-refractivity contribution in [2.75, 3.05) is 31.4 Å². The molecular weight excluding hydrogens is 299 g/mol. The zero-order valence-corrected chi connectivity index (χ0v) is 13.1. The van der Waals surface area contributed by atoms with E-state index in [9.17, 15) is 9.18 Å². The van der Waals surface area contributed by atoms with Crippen LogP contribution in [-0.4, -0.2) is 26.7 Å². The molecule has 0 radical (unpaired) electrons. The van der Waals surface area contributed by atoms with Crippen molar-refractivity contribution in [1.29, 1.82) is 0 Å². The van der Waals surface area contributed by atoms with Gasteiger partial charge in [-0.2, -0.15) is 0 Å². The maximum absolute atomic E-state index is 13.0. The van der Waals surface area contributed by atoms with Crippen LogP contribution in [0.2, 0.25) is 0 Å². The lowest BCUT2D eigenvalue weighted by molar-refractivity contribution is -0.115.